The van der Waals surface area contributed by atoms with Crippen LogP contribution in [0.2, 0.25) is 0 Å². The van der Waals surface area contributed by atoms with E-state index in [4.69, 9.17) is 14.2 Å². The molecule has 0 unspecified atom stereocenters. The zero-order valence-electron chi connectivity index (χ0n) is 13.9. The molecule has 0 amide bonds. The molecule has 0 aliphatic heterocycles. The quantitative estimate of drug-likeness (QED) is 0.417. The van der Waals surface area contributed by atoms with Crippen molar-refractivity contribution in [2.45, 2.75) is 20.3 Å². The first kappa shape index (κ1) is 18.1. The molecule has 0 fully saturated rings. The molecule has 0 bridgehead atoms. The lowest BCUT2D eigenvalue weighted by molar-refractivity contribution is 0.146. The van der Waals surface area contributed by atoms with Crippen LogP contribution in [0, 0.1) is 0 Å². The summed E-state index contributed by atoms with van der Waals surface area (Å²) < 4.78 is 16.1. The molecular formula is C16H27N3O3. The lowest BCUT2D eigenvalue weighted by atomic mass is 10.2. The second kappa shape index (κ2) is 10.7. The van der Waals surface area contributed by atoms with Gasteiger partial charge in [-0.05, 0) is 32.4 Å². The van der Waals surface area contributed by atoms with Gasteiger partial charge in [0.15, 0.2) is 17.5 Å². The molecule has 0 aliphatic carbocycles. The summed E-state index contributed by atoms with van der Waals surface area (Å²) in [5.41, 5.74) is 0.887. The predicted octanol–water partition coefficient (Wildman–Crippen LogP) is 2.51. The van der Waals surface area contributed by atoms with Crippen LogP contribution in [-0.2, 0) is 4.74 Å². The van der Waals surface area contributed by atoms with Crippen molar-refractivity contribution >= 4 is 11.6 Å². The lowest BCUT2D eigenvalue weighted by Crippen LogP contribution is -2.31. The molecule has 124 valence electrons. The van der Waals surface area contributed by atoms with E-state index in [0.29, 0.717) is 18.3 Å². The third-order valence-corrected chi connectivity index (χ3v) is 2.91. The summed E-state index contributed by atoms with van der Waals surface area (Å²) in [4.78, 5) is 4.20. The summed E-state index contributed by atoms with van der Waals surface area (Å²) in [6.07, 6.45) is 0.932. The summed E-state index contributed by atoms with van der Waals surface area (Å²) in [7, 11) is 3.37. The van der Waals surface area contributed by atoms with Gasteiger partial charge in [-0.25, -0.2) is 0 Å². The number of nitrogens with zero attached hydrogens (tertiary/aromatic N) is 1. The zero-order valence-corrected chi connectivity index (χ0v) is 13.9. The van der Waals surface area contributed by atoms with Gasteiger partial charge < -0.3 is 24.8 Å². The Bertz CT molecular complexity index is 464. The van der Waals surface area contributed by atoms with E-state index < -0.39 is 0 Å². The standard InChI is InChI=1S/C16H27N3O3/c1-5-21-11-7-10-18-16(17-3)19-13-8-9-14(22-6-2)15(12-13)20-4/h8-9,12H,5-7,10-11H2,1-4H3,(H2,17,18,19). The molecule has 0 saturated heterocycles. The number of ether oxygens (including phenoxy) is 3. The van der Waals surface area contributed by atoms with Gasteiger partial charge in [0, 0.05) is 38.6 Å². The van der Waals surface area contributed by atoms with Crippen LogP contribution < -0.4 is 20.1 Å². The Kier molecular flexibility index (Phi) is 8.83. The highest BCUT2D eigenvalue weighted by atomic mass is 16.5. The molecule has 2 N–H and O–H groups in total. The number of hydrogen-bond acceptors (Lipinski definition) is 4. The number of nitrogens with one attached hydrogen (secondary N) is 2. The molecule has 0 aromatic heterocycles. The monoisotopic (exact) mass is 309 g/mol. The van der Waals surface area contributed by atoms with E-state index in [2.05, 4.69) is 15.6 Å². The Morgan fingerprint density at radius 1 is 1.18 bits per heavy atom. The van der Waals surface area contributed by atoms with Crippen LogP contribution in [0.15, 0.2) is 23.2 Å². The molecule has 0 spiro atoms. The van der Waals surface area contributed by atoms with Crippen LogP contribution in [0.1, 0.15) is 20.3 Å². The normalized spacial score (nSPS) is 11.2. The Morgan fingerprint density at radius 2 is 2.00 bits per heavy atom. The molecule has 0 aliphatic rings. The highest BCUT2D eigenvalue weighted by molar-refractivity contribution is 5.93. The van der Waals surface area contributed by atoms with E-state index in [9.17, 15) is 0 Å². The molecule has 0 radical (unpaired) electrons. The maximum atomic E-state index is 5.50. The van der Waals surface area contributed by atoms with Gasteiger partial charge in [0.2, 0.25) is 0 Å². The van der Waals surface area contributed by atoms with Crippen molar-refractivity contribution in [2.24, 2.45) is 4.99 Å². The van der Waals surface area contributed by atoms with Crippen LogP contribution in [0.4, 0.5) is 5.69 Å². The average Bonchev–Trinajstić information content (AvgIpc) is 2.55. The minimum atomic E-state index is 0.603. The Hall–Kier alpha value is -1.95. The fourth-order valence-electron chi connectivity index (χ4n) is 1.86. The molecule has 1 aromatic carbocycles. The molecule has 0 saturated carbocycles. The SMILES string of the molecule is CCOCCCNC(=NC)Nc1ccc(OCC)c(OC)c1. The van der Waals surface area contributed by atoms with Crippen LogP contribution in [0.3, 0.4) is 0 Å². The first-order valence-electron chi connectivity index (χ1n) is 7.61. The summed E-state index contributed by atoms with van der Waals surface area (Å²) in [5, 5.41) is 6.47. The van der Waals surface area contributed by atoms with E-state index in [1.54, 1.807) is 14.2 Å². The summed E-state index contributed by atoms with van der Waals surface area (Å²) in [6.45, 7) is 6.84. The molecule has 0 atom stereocenters. The number of anilines is 1. The average molecular weight is 309 g/mol. The molecule has 1 aromatic rings. The fourth-order valence-corrected chi connectivity index (χ4v) is 1.86. The third kappa shape index (κ3) is 6.22. The van der Waals surface area contributed by atoms with Crippen molar-refractivity contribution in [3.63, 3.8) is 0 Å². The molecule has 1 rings (SSSR count). The molecule has 6 nitrogen and oxygen atoms in total. The van der Waals surface area contributed by atoms with Crippen LogP contribution in [0.25, 0.3) is 0 Å². The summed E-state index contributed by atoms with van der Waals surface area (Å²) in [5.74, 6) is 2.14. The van der Waals surface area contributed by atoms with Crippen LogP contribution in [-0.4, -0.2) is 46.5 Å². The molecule has 22 heavy (non-hydrogen) atoms. The van der Waals surface area contributed by atoms with Crippen molar-refractivity contribution in [3.05, 3.63) is 18.2 Å². The fraction of sp³-hybridized carbons (Fsp3) is 0.562. The number of guanidine groups is 1. The van der Waals surface area contributed by atoms with Gasteiger partial charge in [0.25, 0.3) is 0 Å². The lowest BCUT2D eigenvalue weighted by Gasteiger charge is -2.14. The van der Waals surface area contributed by atoms with Gasteiger partial charge in [0.1, 0.15) is 0 Å². The van der Waals surface area contributed by atoms with Crippen molar-refractivity contribution in [1.29, 1.82) is 0 Å². The smallest absolute Gasteiger partial charge is 0.195 e. The maximum Gasteiger partial charge on any atom is 0.195 e. The van der Waals surface area contributed by atoms with Gasteiger partial charge in [0.05, 0.1) is 13.7 Å². The van der Waals surface area contributed by atoms with E-state index in [1.165, 1.54) is 0 Å². The number of aliphatic imine (C=N–C) groups is 1. The number of methoxy groups -OCH3 is 1. The van der Waals surface area contributed by atoms with Gasteiger partial charge >= 0.3 is 0 Å². The van der Waals surface area contributed by atoms with Crippen LogP contribution >= 0.6 is 0 Å². The Balaban J connectivity index is 2.56. The Morgan fingerprint density at radius 3 is 2.64 bits per heavy atom. The van der Waals surface area contributed by atoms with Crippen molar-refractivity contribution in [3.8, 4) is 11.5 Å². The van der Waals surface area contributed by atoms with E-state index in [0.717, 1.165) is 37.6 Å². The maximum absolute atomic E-state index is 5.50. The van der Waals surface area contributed by atoms with Crippen molar-refractivity contribution < 1.29 is 14.2 Å². The van der Waals surface area contributed by atoms with E-state index in [-0.39, 0.29) is 0 Å². The minimum absolute atomic E-state index is 0.603. The predicted molar refractivity (Wildman–Crippen MR) is 90.3 cm³/mol. The molecule has 6 heteroatoms. The number of benzene rings is 1. The van der Waals surface area contributed by atoms with Crippen molar-refractivity contribution in [2.75, 3.05) is 45.8 Å². The number of rotatable bonds is 9. The number of hydrogen-bond donors (Lipinski definition) is 2. The summed E-state index contributed by atoms with van der Waals surface area (Å²) in [6, 6.07) is 5.70. The third-order valence-electron chi connectivity index (χ3n) is 2.91. The summed E-state index contributed by atoms with van der Waals surface area (Å²) >= 11 is 0. The van der Waals surface area contributed by atoms with Crippen LogP contribution in [0.5, 0.6) is 11.5 Å². The first-order valence-corrected chi connectivity index (χ1v) is 7.61. The second-order valence-electron chi connectivity index (χ2n) is 4.47. The van der Waals surface area contributed by atoms with E-state index >= 15 is 0 Å². The zero-order chi connectivity index (χ0) is 16.2. The van der Waals surface area contributed by atoms with Gasteiger partial charge in [-0.3, -0.25) is 4.99 Å². The largest absolute Gasteiger partial charge is 0.493 e. The highest BCUT2D eigenvalue weighted by Crippen LogP contribution is 2.30. The highest BCUT2D eigenvalue weighted by Gasteiger charge is 2.06. The topological polar surface area (TPSA) is 64.1 Å². The molecular weight excluding hydrogens is 282 g/mol. The Labute approximate surface area is 132 Å². The minimum Gasteiger partial charge on any atom is -0.493 e. The molecule has 0 heterocycles. The second-order valence-corrected chi connectivity index (χ2v) is 4.47. The van der Waals surface area contributed by atoms with Gasteiger partial charge in [-0.15, -0.1) is 0 Å². The van der Waals surface area contributed by atoms with Crippen molar-refractivity contribution in [1.82, 2.24) is 5.32 Å². The first-order chi connectivity index (χ1) is 10.7. The van der Waals surface area contributed by atoms with Gasteiger partial charge in [-0.1, -0.05) is 0 Å². The van der Waals surface area contributed by atoms with E-state index in [1.807, 2.05) is 32.0 Å². The van der Waals surface area contributed by atoms with Gasteiger partial charge in [-0.2, -0.15) is 0 Å².